The van der Waals surface area contributed by atoms with Gasteiger partial charge < -0.3 is 15.3 Å². The highest BCUT2D eigenvalue weighted by molar-refractivity contribution is 5.75. The number of carboxylic acid groups (broad SMARTS) is 1. The number of carbonyl (C=O) groups is 2. The van der Waals surface area contributed by atoms with Crippen LogP contribution in [0, 0.1) is 11.8 Å². The molecule has 0 spiro atoms. The fourth-order valence-electron chi connectivity index (χ4n) is 2.46. The van der Waals surface area contributed by atoms with Crippen LogP contribution in [0.1, 0.15) is 46.5 Å². The number of carboxylic acids is 1. The van der Waals surface area contributed by atoms with Gasteiger partial charge in [0.15, 0.2) is 0 Å². The number of hydrogen-bond donors (Lipinski definition) is 2. The molecule has 0 bridgehead atoms. The summed E-state index contributed by atoms with van der Waals surface area (Å²) in [5.41, 5.74) is 0. The molecule has 0 aromatic carbocycles. The van der Waals surface area contributed by atoms with Gasteiger partial charge in [0.2, 0.25) is 0 Å². The average molecular weight is 270 g/mol. The molecule has 5 heteroatoms. The zero-order valence-electron chi connectivity index (χ0n) is 12.2. The highest BCUT2D eigenvalue weighted by Crippen LogP contribution is 2.25. The van der Waals surface area contributed by atoms with Gasteiger partial charge >= 0.3 is 12.0 Å². The molecule has 19 heavy (non-hydrogen) atoms. The van der Waals surface area contributed by atoms with Crippen LogP contribution in [-0.2, 0) is 4.79 Å². The van der Waals surface area contributed by atoms with E-state index < -0.39 is 5.97 Å². The Morgan fingerprint density at radius 2 is 2.05 bits per heavy atom. The molecule has 2 amide bonds. The van der Waals surface area contributed by atoms with E-state index in [0.29, 0.717) is 25.3 Å². The standard InChI is InChI=1S/C14H26N2O3/c1-4-10(3)9-16(5-2)14(19)15-12-7-6-11(8-12)13(17)18/h10-12H,4-9H2,1-3H3,(H,15,19)(H,17,18). The van der Waals surface area contributed by atoms with Gasteiger partial charge in [-0.05, 0) is 32.1 Å². The van der Waals surface area contributed by atoms with Gasteiger partial charge in [-0.2, -0.15) is 0 Å². The molecule has 0 radical (unpaired) electrons. The molecule has 0 heterocycles. The highest BCUT2D eigenvalue weighted by atomic mass is 16.4. The quantitative estimate of drug-likeness (QED) is 0.778. The number of amides is 2. The molecule has 3 unspecified atom stereocenters. The summed E-state index contributed by atoms with van der Waals surface area (Å²) in [6, 6.07) is -0.0431. The molecule has 1 aliphatic rings. The van der Waals surface area contributed by atoms with Gasteiger partial charge in [-0.15, -0.1) is 0 Å². The SMILES string of the molecule is CCC(C)CN(CC)C(=O)NC1CCC(C(=O)O)C1. The van der Waals surface area contributed by atoms with Crippen molar-refractivity contribution in [1.82, 2.24) is 10.2 Å². The minimum Gasteiger partial charge on any atom is -0.481 e. The lowest BCUT2D eigenvalue weighted by atomic mass is 10.1. The van der Waals surface area contributed by atoms with Crippen LogP contribution in [0.25, 0.3) is 0 Å². The van der Waals surface area contributed by atoms with Crippen molar-refractivity contribution in [3.8, 4) is 0 Å². The Kier molecular flexibility index (Phi) is 6.12. The number of urea groups is 1. The summed E-state index contributed by atoms with van der Waals surface area (Å²) in [6.07, 6.45) is 3.04. The van der Waals surface area contributed by atoms with E-state index >= 15 is 0 Å². The minimum atomic E-state index is -0.747. The van der Waals surface area contributed by atoms with Crippen LogP contribution in [0.3, 0.4) is 0 Å². The Hall–Kier alpha value is -1.26. The van der Waals surface area contributed by atoms with Crippen molar-refractivity contribution in [3.63, 3.8) is 0 Å². The lowest BCUT2D eigenvalue weighted by Crippen LogP contribution is -2.45. The first-order valence-corrected chi connectivity index (χ1v) is 7.26. The molecule has 110 valence electrons. The first kappa shape index (κ1) is 15.8. The van der Waals surface area contributed by atoms with E-state index in [1.807, 2.05) is 11.8 Å². The molecule has 0 aromatic rings. The second-order valence-electron chi connectivity index (χ2n) is 5.55. The average Bonchev–Trinajstić information content (AvgIpc) is 2.84. The Morgan fingerprint density at radius 3 is 2.53 bits per heavy atom. The van der Waals surface area contributed by atoms with Gasteiger partial charge in [-0.1, -0.05) is 20.3 Å². The van der Waals surface area contributed by atoms with E-state index in [2.05, 4.69) is 19.2 Å². The predicted molar refractivity (Wildman–Crippen MR) is 74.0 cm³/mol. The third-order valence-corrected chi connectivity index (χ3v) is 4.01. The van der Waals surface area contributed by atoms with Gasteiger partial charge in [-0.25, -0.2) is 4.79 Å². The van der Waals surface area contributed by atoms with Crippen LogP contribution < -0.4 is 5.32 Å². The van der Waals surface area contributed by atoms with Crippen molar-refractivity contribution in [2.24, 2.45) is 11.8 Å². The van der Waals surface area contributed by atoms with Gasteiger partial charge in [0.25, 0.3) is 0 Å². The summed E-state index contributed by atoms with van der Waals surface area (Å²) >= 11 is 0. The number of aliphatic carboxylic acids is 1. The van der Waals surface area contributed by atoms with Crippen LogP contribution in [0.2, 0.25) is 0 Å². The predicted octanol–water partition coefficient (Wildman–Crippen LogP) is 2.32. The highest BCUT2D eigenvalue weighted by Gasteiger charge is 2.31. The first-order chi connectivity index (χ1) is 8.97. The zero-order valence-corrected chi connectivity index (χ0v) is 12.2. The Morgan fingerprint density at radius 1 is 1.37 bits per heavy atom. The molecule has 3 atom stereocenters. The molecule has 1 rings (SSSR count). The van der Waals surface area contributed by atoms with Crippen molar-refractivity contribution in [3.05, 3.63) is 0 Å². The third-order valence-electron chi connectivity index (χ3n) is 4.01. The van der Waals surface area contributed by atoms with Gasteiger partial charge in [0, 0.05) is 19.1 Å². The molecule has 1 aliphatic carbocycles. The first-order valence-electron chi connectivity index (χ1n) is 7.26. The normalized spacial score (nSPS) is 23.9. The molecule has 0 aromatic heterocycles. The van der Waals surface area contributed by atoms with Crippen molar-refractivity contribution in [2.45, 2.75) is 52.5 Å². The van der Waals surface area contributed by atoms with Gasteiger partial charge in [0.1, 0.15) is 0 Å². The maximum atomic E-state index is 12.1. The number of carbonyl (C=O) groups excluding carboxylic acids is 1. The Bertz CT molecular complexity index is 320. The van der Waals surface area contributed by atoms with Crippen LogP contribution in [0.4, 0.5) is 4.79 Å². The van der Waals surface area contributed by atoms with Gasteiger partial charge in [-0.3, -0.25) is 4.79 Å². The maximum Gasteiger partial charge on any atom is 0.317 e. The van der Waals surface area contributed by atoms with Crippen molar-refractivity contribution in [1.29, 1.82) is 0 Å². The summed E-state index contributed by atoms with van der Waals surface area (Å²) in [7, 11) is 0. The lowest BCUT2D eigenvalue weighted by Gasteiger charge is -2.26. The van der Waals surface area contributed by atoms with E-state index in [-0.39, 0.29) is 18.0 Å². The second kappa shape index (κ2) is 7.36. The molecule has 0 saturated heterocycles. The molecule has 1 fully saturated rings. The van der Waals surface area contributed by atoms with E-state index in [1.165, 1.54) is 0 Å². The number of nitrogens with zero attached hydrogens (tertiary/aromatic N) is 1. The third kappa shape index (κ3) is 4.73. The molecule has 0 aliphatic heterocycles. The minimum absolute atomic E-state index is 0.0135. The molecule has 1 saturated carbocycles. The Balaban J connectivity index is 2.43. The van der Waals surface area contributed by atoms with Crippen LogP contribution in [0.5, 0.6) is 0 Å². The monoisotopic (exact) mass is 270 g/mol. The summed E-state index contributed by atoms with van der Waals surface area (Å²) < 4.78 is 0. The maximum absolute atomic E-state index is 12.1. The topological polar surface area (TPSA) is 69.6 Å². The number of rotatable bonds is 6. The molecule has 5 nitrogen and oxygen atoms in total. The molecule has 2 N–H and O–H groups in total. The fraction of sp³-hybridized carbons (Fsp3) is 0.857. The van der Waals surface area contributed by atoms with Crippen molar-refractivity contribution < 1.29 is 14.7 Å². The smallest absolute Gasteiger partial charge is 0.317 e. The van der Waals surface area contributed by atoms with E-state index in [4.69, 9.17) is 5.11 Å². The van der Waals surface area contributed by atoms with Gasteiger partial charge in [0.05, 0.1) is 5.92 Å². The summed E-state index contributed by atoms with van der Waals surface area (Å²) in [6.45, 7) is 7.66. The number of hydrogen-bond acceptors (Lipinski definition) is 2. The van der Waals surface area contributed by atoms with Crippen LogP contribution in [0.15, 0.2) is 0 Å². The largest absolute Gasteiger partial charge is 0.481 e. The van der Waals surface area contributed by atoms with Crippen LogP contribution >= 0.6 is 0 Å². The summed E-state index contributed by atoms with van der Waals surface area (Å²) in [5, 5.41) is 11.9. The van der Waals surface area contributed by atoms with Crippen molar-refractivity contribution >= 4 is 12.0 Å². The lowest BCUT2D eigenvalue weighted by molar-refractivity contribution is -0.141. The van der Waals surface area contributed by atoms with E-state index in [0.717, 1.165) is 19.4 Å². The van der Waals surface area contributed by atoms with E-state index in [1.54, 1.807) is 0 Å². The summed E-state index contributed by atoms with van der Waals surface area (Å²) in [5.74, 6) is -0.556. The van der Waals surface area contributed by atoms with Crippen LogP contribution in [-0.4, -0.2) is 41.1 Å². The second-order valence-corrected chi connectivity index (χ2v) is 5.55. The van der Waals surface area contributed by atoms with Crippen molar-refractivity contribution in [2.75, 3.05) is 13.1 Å². The number of nitrogens with one attached hydrogen (secondary N) is 1. The Labute approximate surface area is 115 Å². The molecular formula is C14H26N2O3. The van der Waals surface area contributed by atoms with E-state index in [9.17, 15) is 9.59 Å². The zero-order chi connectivity index (χ0) is 14.4. The fourth-order valence-corrected chi connectivity index (χ4v) is 2.46. The summed E-state index contributed by atoms with van der Waals surface area (Å²) in [4.78, 5) is 24.8. The molecular weight excluding hydrogens is 244 g/mol.